The first-order chi connectivity index (χ1) is 17.3. The highest BCUT2D eigenvalue weighted by molar-refractivity contribution is 7.94. The van der Waals surface area contributed by atoms with Gasteiger partial charge in [-0.3, -0.25) is 0 Å². The molecule has 2 aromatic carbocycles. The molecule has 0 unspecified atom stereocenters. The Bertz CT molecular complexity index is 1660. The first-order valence-corrected chi connectivity index (χ1v) is 14.5. The molecule has 1 atom stereocenters. The number of rotatable bonds is 7. The van der Waals surface area contributed by atoms with E-state index in [1.807, 2.05) is 0 Å². The maximum Gasteiger partial charge on any atom is 0.511 e. The zero-order valence-electron chi connectivity index (χ0n) is 18.8. The van der Waals surface area contributed by atoms with E-state index in [-0.39, 0.29) is 11.6 Å². The number of nitrogens with one attached hydrogen (secondary N) is 1. The predicted octanol–water partition coefficient (Wildman–Crippen LogP) is 4.27. The van der Waals surface area contributed by atoms with Crippen LogP contribution in [0.5, 0.6) is 0 Å². The van der Waals surface area contributed by atoms with Gasteiger partial charge in [0.05, 0.1) is 20.2 Å². The molecule has 0 aliphatic heterocycles. The van der Waals surface area contributed by atoms with Crippen molar-refractivity contribution >= 4 is 29.7 Å². The van der Waals surface area contributed by atoms with Crippen LogP contribution in [0.25, 0.3) is 0 Å². The molecule has 206 valence electrons. The Labute approximate surface area is 213 Å². The number of alkyl halides is 6. The molecule has 0 aliphatic carbocycles. The highest BCUT2D eigenvalue weighted by Crippen LogP contribution is 2.37. The van der Waals surface area contributed by atoms with Crippen molar-refractivity contribution < 1.29 is 51.6 Å². The van der Waals surface area contributed by atoms with Crippen LogP contribution in [0.2, 0.25) is 0 Å². The third kappa shape index (κ3) is 5.84. The van der Waals surface area contributed by atoms with Gasteiger partial charge < -0.3 is 0 Å². The Balaban J connectivity index is 2.11. The lowest BCUT2D eigenvalue weighted by atomic mass is 10.1. The number of benzene rings is 2. The van der Waals surface area contributed by atoms with Crippen molar-refractivity contribution in [3.8, 4) is 0 Å². The van der Waals surface area contributed by atoms with Crippen LogP contribution in [0.3, 0.4) is 0 Å². The number of sulfone groups is 2. The summed E-state index contributed by atoms with van der Waals surface area (Å²) in [5, 5.41) is -0.711. The van der Waals surface area contributed by atoms with E-state index in [1.165, 1.54) is 16.9 Å². The van der Waals surface area contributed by atoms with E-state index >= 15 is 0 Å². The fourth-order valence-corrected chi connectivity index (χ4v) is 7.18. The molecule has 3 rings (SSSR count). The van der Waals surface area contributed by atoms with Crippen LogP contribution in [0.1, 0.15) is 24.1 Å². The second-order valence-corrected chi connectivity index (χ2v) is 13.2. The number of nitrogens with zero attached hydrogens (tertiary/aromatic N) is 1. The molecule has 0 aliphatic rings. The topological polar surface area (TPSA) is 127 Å². The molecule has 0 saturated carbocycles. The summed E-state index contributed by atoms with van der Waals surface area (Å²) in [5.41, 5.74) is -7.12. The molecular weight excluding hydrogens is 586 g/mol. The molecule has 0 spiro atoms. The van der Waals surface area contributed by atoms with Crippen molar-refractivity contribution in [3.63, 3.8) is 0 Å². The summed E-state index contributed by atoms with van der Waals surface area (Å²) in [4.78, 5) is 0.773. The van der Waals surface area contributed by atoms with Crippen LogP contribution in [-0.2, 0) is 35.9 Å². The van der Waals surface area contributed by atoms with Crippen LogP contribution in [-0.4, -0.2) is 35.7 Å². The molecule has 0 radical (unpaired) electrons. The van der Waals surface area contributed by atoms with Crippen LogP contribution >= 0.6 is 0 Å². The summed E-state index contributed by atoms with van der Waals surface area (Å²) < 4.78 is 155. The lowest BCUT2D eigenvalue weighted by Crippen LogP contribution is -2.37. The highest BCUT2D eigenvalue weighted by atomic mass is 32.2. The fourth-order valence-electron chi connectivity index (χ4n) is 3.17. The molecule has 0 fully saturated rings. The van der Waals surface area contributed by atoms with Crippen molar-refractivity contribution in [3.05, 3.63) is 78.0 Å². The van der Waals surface area contributed by atoms with Gasteiger partial charge in [-0.25, -0.2) is 35.0 Å². The Morgan fingerprint density at radius 1 is 0.763 bits per heavy atom. The monoisotopic (exact) mass is 602 g/mol. The van der Waals surface area contributed by atoms with E-state index in [0.717, 1.165) is 43.5 Å². The molecule has 1 heterocycles. The zero-order chi connectivity index (χ0) is 28.7. The van der Waals surface area contributed by atoms with Gasteiger partial charge in [0, 0.05) is 12.2 Å². The van der Waals surface area contributed by atoms with Gasteiger partial charge in [-0.15, -0.1) is 0 Å². The first-order valence-electron chi connectivity index (χ1n) is 10.1. The molecule has 0 bridgehead atoms. The largest absolute Gasteiger partial charge is 0.511 e. The third-order valence-electron chi connectivity index (χ3n) is 5.09. The van der Waals surface area contributed by atoms with Gasteiger partial charge >= 0.3 is 21.7 Å². The Kier molecular flexibility index (Phi) is 7.73. The molecular formula is C21H16F6N2O6S3. The minimum Gasteiger partial charge on any atom is -0.244 e. The molecule has 8 nitrogen and oxygen atoms in total. The van der Waals surface area contributed by atoms with E-state index in [2.05, 4.69) is 4.98 Å². The fraction of sp³-hybridized carbons (Fsp3) is 0.190. The van der Waals surface area contributed by atoms with Crippen molar-refractivity contribution in [1.82, 2.24) is 9.71 Å². The van der Waals surface area contributed by atoms with Crippen LogP contribution in [0.15, 0.2) is 86.6 Å². The lowest BCUT2D eigenvalue weighted by Gasteiger charge is -2.17. The number of hydrogen-bond donors (Lipinski definition) is 1. The summed E-state index contributed by atoms with van der Waals surface area (Å²) in [6.45, 7) is 1.06. The Morgan fingerprint density at radius 2 is 1.37 bits per heavy atom. The van der Waals surface area contributed by atoms with Crippen molar-refractivity contribution in [1.29, 1.82) is 0 Å². The second kappa shape index (κ2) is 9.94. The maximum absolute atomic E-state index is 13.3. The van der Waals surface area contributed by atoms with E-state index in [4.69, 9.17) is 0 Å². The van der Waals surface area contributed by atoms with Gasteiger partial charge in [-0.1, -0.05) is 18.2 Å². The number of hydrogen-bond acceptors (Lipinski definition) is 7. The van der Waals surface area contributed by atoms with Gasteiger partial charge in [0.25, 0.3) is 0 Å². The average molecular weight is 603 g/mol. The number of pyridine rings is 1. The predicted molar refractivity (Wildman–Crippen MR) is 120 cm³/mol. The lowest BCUT2D eigenvalue weighted by molar-refractivity contribution is -0.137. The van der Waals surface area contributed by atoms with E-state index < -0.39 is 72.7 Å². The van der Waals surface area contributed by atoms with E-state index in [1.54, 1.807) is 0 Å². The Morgan fingerprint density at radius 3 is 1.87 bits per heavy atom. The standard InChI is InChI=1S/C21H16F6N2O6S3/c1-13(29-38(34,35)21(25,26)27)14-5-8-16(9-6-14)36(30,31)17-10-7-15(20(22,23)24)12-18(17)37(32,33)19-4-2-3-11-28-19/h2-13,29H,1H3/t13-/m0/s1. The normalized spacial score (nSPS) is 14.3. The molecule has 17 heteroatoms. The molecule has 0 saturated heterocycles. The summed E-state index contributed by atoms with van der Waals surface area (Å²) in [6.07, 6.45) is -3.97. The summed E-state index contributed by atoms with van der Waals surface area (Å²) in [5.74, 6) is 0. The summed E-state index contributed by atoms with van der Waals surface area (Å²) in [6, 6.07) is 6.72. The minimum absolute atomic E-state index is 0.0921. The van der Waals surface area contributed by atoms with Gasteiger partial charge in [-0.05, 0) is 55.0 Å². The molecule has 0 amide bonds. The zero-order valence-corrected chi connectivity index (χ0v) is 21.3. The summed E-state index contributed by atoms with van der Waals surface area (Å²) in [7, 11) is -15.4. The smallest absolute Gasteiger partial charge is 0.244 e. The van der Waals surface area contributed by atoms with Crippen LogP contribution in [0.4, 0.5) is 26.3 Å². The Hall–Kier alpha value is -3.02. The van der Waals surface area contributed by atoms with Gasteiger partial charge in [0.2, 0.25) is 19.7 Å². The van der Waals surface area contributed by atoms with Crippen molar-refractivity contribution in [2.75, 3.05) is 0 Å². The number of aromatic nitrogens is 1. The maximum atomic E-state index is 13.3. The van der Waals surface area contributed by atoms with E-state index in [0.29, 0.717) is 12.1 Å². The third-order valence-corrected chi connectivity index (χ3v) is 10.0. The molecule has 3 aromatic rings. The highest BCUT2D eigenvalue weighted by Gasteiger charge is 2.46. The van der Waals surface area contributed by atoms with Crippen LogP contribution < -0.4 is 4.72 Å². The van der Waals surface area contributed by atoms with Crippen LogP contribution in [0, 0.1) is 0 Å². The average Bonchev–Trinajstić information content (AvgIpc) is 2.82. The van der Waals surface area contributed by atoms with Crippen molar-refractivity contribution in [2.45, 2.75) is 44.4 Å². The quantitative estimate of drug-likeness (QED) is 0.400. The van der Waals surface area contributed by atoms with E-state index in [9.17, 15) is 51.6 Å². The first kappa shape index (κ1) is 29.5. The number of sulfonamides is 1. The summed E-state index contributed by atoms with van der Waals surface area (Å²) >= 11 is 0. The van der Waals surface area contributed by atoms with Gasteiger partial charge in [0.1, 0.15) is 0 Å². The molecule has 1 aromatic heterocycles. The van der Waals surface area contributed by atoms with Crippen molar-refractivity contribution in [2.24, 2.45) is 0 Å². The second-order valence-electron chi connectivity index (χ2n) is 7.69. The van der Waals surface area contributed by atoms with Gasteiger partial charge in [-0.2, -0.15) is 26.3 Å². The SMILES string of the molecule is C[C@H](NS(=O)(=O)C(F)(F)F)c1ccc(S(=O)(=O)c2ccc(C(F)(F)F)cc2S(=O)(=O)c2ccccn2)cc1. The molecule has 1 N–H and O–H groups in total. The molecule has 38 heavy (non-hydrogen) atoms. The van der Waals surface area contributed by atoms with Gasteiger partial charge in [0.15, 0.2) is 5.03 Å². The minimum atomic E-state index is -5.72. The number of halogens is 6.